The van der Waals surface area contributed by atoms with Crippen molar-refractivity contribution in [2.24, 2.45) is 0 Å². The largest absolute Gasteiger partial charge is 0.493 e. The number of benzene rings is 2. The fourth-order valence-corrected chi connectivity index (χ4v) is 2.40. The molecular formula is C18H18ClF2NO3. The van der Waals surface area contributed by atoms with Gasteiger partial charge >= 0.3 is 6.61 Å². The Kier molecular flexibility index (Phi) is 7.01. The van der Waals surface area contributed by atoms with Gasteiger partial charge in [-0.15, -0.1) is 0 Å². The van der Waals surface area contributed by atoms with Gasteiger partial charge in [0.05, 0.1) is 7.11 Å². The Morgan fingerprint density at radius 2 is 1.88 bits per heavy atom. The van der Waals surface area contributed by atoms with Crippen LogP contribution in [0.25, 0.3) is 0 Å². The first-order valence-corrected chi connectivity index (χ1v) is 8.03. The van der Waals surface area contributed by atoms with Gasteiger partial charge in [0, 0.05) is 23.2 Å². The summed E-state index contributed by atoms with van der Waals surface area (Å²) in [6, 6.07) is 11.8. The summed E-state index contributed by atoms with van der Waals surface area (Å²) < 4.78 is 34.2. The van der Waals surface area contributed by atoms with Crippen LogP contribution in [0.1, 0.15) is 18.4 Å². The third-order valence-corrected chi connectivity index (χ3v) is 3.70. The van der Waals surface area contributed by atoms with Crippen LogP contribution in [0.3, 0.4) is 0 Å². The summed E-state index contributed by atoms with van der Waals surface area (Å²) in [5.41, 5.74) is 1.46. The Hall–Kier alpha value is -2.34. The Labute approximate surface area is 149 Å². The van der Waals surface area contributed by atoms with Gasteiger partial charge < -0.3 is 14.8 Å². The number of rotatable bonds is 8. The number of hydrogen-bond acceptors (Lipinski definition) is 3. The second-order valence-electron chi connectivity index (χ2n) is 5.27. The first-order chi connectivity index (χ1) is 12.0. The van der Waals surface area contributed by atoms with Crippen LogP contribution >= 0.6 is 11.6 Å². The summed E-state index contributed by atoms with van der Waals surface area (Å²) >= 11 is 5.82. The Balaban J connectivity index is 1.88. The van der Waals surface area contributed by atoms with Gasteiger partial charge in [0.2, 0.25) is 5.91 Å². The topological polar surface area (TPSA) is 47.6 Å². The van der Waals surface area contributed by atoms with Crippen LogP contribution in [0.15, 0.2) is 42.5 Å². The van der Waals surface area contributed by atoms with Crippen LogP contribution in [0, 0.1) is 0 Å². The number of methoxy groups -OCH3 is 1. The molecule has 0 spiro atoms. The monoisotopic (exact) mass is 369 g/mol. The highest BCUT2D eigenvalue weighted by Crippen LogP contribution is 2.31. The van der Waals surface area contributed by atoms with Gasteiger partial charge in [-0.2, -0.15) is 8.78 Å². The molecule has 0 heterocycles. The maximum Gasteiger partial charge on any atom is 0.387 e. The van der Waals surface area contributed by atoms with Crippen LogP contribution in [0.5, 0.6) is 11.5 Å². The fourth-order valence-electron chi connectivity index (χ4n) is 2.27. The van der Waals surface area contributed by atoms with E-state index in [9.17, 15) is 13.6 Å². The van der Waals surface area contributed by atoms with E-state index in [2.05, 4.69) is 10.1 Å². The number of nitrogens with one attached hydrogen (secondary N) is 1. The van der Waals surface area contributed by atoms with Crippen molar-refractivity contribution in [1.82, 2.24) is 0 Å². The summed E-state index contributed by atoms with van der Waals surface area (Å²) in [5, 5.41) is 3.33. The Morgan fingerprint density at radius 3 is 2.52 bits per heavy atom. The number of hydrogen-bond donors (Lipinski definition) is 1. The lowest BCUT2D eigenvalue weighted by Gasteiger charge is -2.12. The van der Waals surface area contributed by atoms with Crippen LogP contribution in [-0.2, 0) is 11.2 Å². The van der Waals surface area contributed by atoms with Crippen molar-refractivity contribution in [2.75, 3.05) is 12.4 Å². The second kappa shape index (κ2) is 9.22. The van der Waals surface area contributed by atoms with Crippen LogP contribution < -0.4 is 14.8 Å². The number of anilines is 1. The van der Waals surface area contributed by atoms with Gasteiger partial charge in [0.25, 0.3) is 0 Å². The van der Waals surface area contributed by atoms with Gasteiger partial charge in [-0.3, -0.25) is 4.79 Å². The molecule has 1 amide bonds. The maximum atomic E-state index is 12.4. The first-order valence-electron chi connectivity index (χ1n) is 7.65. The summed E-state index contributed by atoms with van der Waals surface area (Å²) in [6.45, 7) is -2.97. The van der Waals surface area contributed by atoms with Crippen molar-refractivity contribution in [1.29, 1.82) is 0 Å². The summed E-state index contributed by atoms with van der Waals surface area (Å²) in [5.74, 6) is -0.167. The number of halogens is 3. The number of ether oxygens (including phenoxy) is 2. The Bertz CT molecular complexity index is 708. The third-order valence-electron chi connectivity index (χ3n) is 3.45. The van der Waals surface area contributed by atoms with E-state index in [1.807, 2.05) is 12.1 Å². The first kappa shape index (κ1) is 19.0. The number of amides is 1. The minimum atomic E-state index is -2.97. The molecule has 0 aliphatic carbocycles. The van der Waals surface area contributed by atoms with Crippen molar-refractivity contribution >= 4 is 23.2 Å². The van der Waals surface area contributed by atoms with E-state index >= 15 is 0 Å². The van der Waals surface area contributed by atoms with Crippen molar-refractivity contribution in [3.05, 3.63) is 53.1 Å². The molecular weight excluding hydrogens is 352 g/mol. The molecule has 0 unspecified atom stereocenters. The highest BCUT2D eigenvalue weighted by molar-refractivity contribution is 6.30. The zero-order chi connectivity index (χ0) is 18.2. The van der Waals surface area contributed by atoms with Crippen LogP contribution in [0.2, 0.25) is 5.02 Å². The molecule has 0 saturated heterocycles. The number of alkyl halides is 2. The molecule has 7 heteroatoms. The molecule has 2 rings (SSSR count). The molecule has 0 bridgehead atoms. The summed E-state index contributed by atoms with van der Waals surface area (Å²) in [6.07, 6.45) is 1.71. The zero-order valence-electron chi connectivity index (χ0n) is 13.6. The van der Waals surface area contributed by atoms with Crippen molar-refractivity contribution in [3.63, 3.8) is 0 Å². The van der Waals surface area contributed by atoms with E-state index < -0.39 is 6.61 Å². The predicted molar refractivity (Wildman–Crippen MR) is 92.6 cm³/mol. The minimum absolute atomic E-state index is 0.128. The number of aryl methyl sites for hydroxylation is 1. The third kappa shape index (κ3) is 6.23. The quantitative estimate of drug-likeness (QED) is 0.719. The average Bonchev–Trinajstić information content (AvgIpc) is 2.56. The zero-order valence-corrected chi connectivity index (χ0v) is 14.4. The molecule has 2 aromatic rings. The maximum absolute atomic E-state index is 12.4. The highest BCUT2D eigenvalue weighted by Gasteiger charge is 2.12. The molecule has 0 aliphatic heterocycles. The predicted octanol–water partition coefficient (Wildman–Crippen LogP) is 4.91. The van der Waals surface area contributed by atoms with E-state index in [0.717, 1.165) is 12.0 Å². The van der Waals surface area contributed by atoms with E-state index in [-0.39, 0.29) is 17.4 Å². The lowest BCUT2D eigenvalue weighted by molar-refractivity contribution is -0.116. The number of carbonyl (C=O) groups excluding carboxylic acids is 1. The second-order valence-corrected chi connectivity index (χ2v) is 5.71. The lowest BCUT2D eigenvalue weighted by Crippen LogP contribution is -2.12. The van der Waals surface area contributed by atoms with E-state index in [4.69, 9.17) is 16.3 Å². The Morgan fingerprint density at radius 1 is 1.16 bits per heavy atom. The number of carbonyl (C=O) groups is 1. The normalized spacial score (nSPS) is 10.6. The minimum Gasteiger partial charge on any atom is -0.493 e. The molecule has 0 saturated carbocycles. The van der Waals surface area contributed by atoms with Crippen molar-refractivity contribution in [2.45, 2.75) is 25.9 Å². The molecule has 25 heavy (non-hydrogen) atoms. The molecule has 4 nitrogen and oxygen atoms in total. The van der Waals surface area contributed by atoms with E-state index in [0.29, 0.717) is 23.6 Å². The molecule has 0 fully saturated rings. The molecule has 0 radical (unpaired) electrons. The summed E-state index contributed by atoms with van der Waals surface area (Å²) in [4.78, 5) is 12.0. The fraction of sp³-hybridized carbons (Fsp3) is 0.278. The standard InChI is InChI=1S/C18H18ClF2NO3/c1-24-15-10-9-14(11-16(15)25-18(20)21)22-17(23)4-2-3-12-5-7-13(19)8-6-12/h5-11,18H,2-4H2,1H3,(H,22,23). The van der Waals surface area contributed by atoms with E-state index in [1.165, 1.54) is 19.2 Å². The van der Waals surface area contributed by atoms with Gasteiger partial charge in [-0.25, -0.2) is 0 Å². The molecule has 134 valence electrons. The van der Waals surface area contributed by atoms with Gasteiger partial charge in [-0.05, 0) is 42.7 Å². The highest BCUT2D eigenvalue weighted by atomic mass is 35.5. The smallest absolute Gasteiger partial charge is 0.387 e. The van der Waals surface area contributed by atoms with Crippen LogP contribution in [-0.4, -0.2) is 19.6 Å². The van der Waals surface area contributed by atoms with Crippen molar-refractivity contribution < 1.29 is 23.0 Å². The SMILES string of the molecule is COc1ccc(NC(=O)CCCc2ccc(Cl)cc2)cc1OC(F)F. The lowest BCUT2D eigenvalue weighted by atomic mass is 10.1. The molecule has 0 aromatic heterocycles. The van der Waals surface area contributed by atoms with E-state index in [1.54, 1.807) is 18.2 Å². The van der Waals surface area contributed by atoms with Crippen LogP contribution in [0.4, 0.5) is 14.5 Å². The van der Waals surface area contributed by atoms with Crippen molar-refractivity contribution in [3.8, 4) is 11.5 Å². The molecule has 1 N–H and O–H groups in total. The van der Waals surface area contributed by atoms with Gasteiger partial charge in [-0.1, -0.05) is 23.7 Å². The summed E-state index contributed by atoms with van der Waals surface area (Å²) in [7, 11) is 1.35. The average molecular weight is 370 g/mol. The molecule has 0 atom stereocenters. The molecule has 0 aliphatic rings. The van der Waals surface area contributed by atoms with Gasteiger partial charge in [0.15, 0.2) is 11.5 Å². The molecule has 2 aromatic carbocycles. The van der Waals surface area contributed by atoms with Gasteiger partial charge in [0.1, 0.15) is 0 Å².